The number of ether oxygens (including phenoxy) is 1. The van der Waals surface area contributed by atoms with Gasteiger partial charge in [-0.1, -0.05) is 12.2 Å². The average molecular weight is 278 g/mol. The second-order valence-corrected chi connectivity index (χ2v) is 5.42. The first-order valence-electron chi connectivity index (χ1n) is 4.46. The number of sulfonamides is 1. The van der Waals surface area contributed by atoms with Crippen LogP contribution in [0.1, 0.15) is 0 Å². The van der Waals surface area contributed by atoms with Crippen LogP contribution in [0.3, 0.4) is 0 Å². The predicted octanol–water partition coefficient (Wildman–Crippen LogP) is 0.862. The minimum Gasteiger partial charge on any atom is -0.494 e. The molecule has 0 radical (unpaired) electrons. The van der Waals surface area contributed by atoms with E-state index < -0.39 is 21.6 Å². The lowest BCUT2D eigenvalue weighted by atomic mass is 10.3. The molecule has 17 heavy (non-hydrogen) atoms. The number of anilines is 1. The highest BCUT2D eigenvalue weighted by atomic mass is 32.2. The standard InChI is InChI=1S/C9H11FN2O3S2/c1-15-8-4-6(10)2-3-7(8)12-17(13,14)5-9(11)16/h2-4,12H,5H2,1H3,(H2,11,16). The van der Waals surface area contributed by atoms with Crippen molar-refractivity contribution in [3.8, 4) is 5.75 Å². The zero-order valence-electron chi connectivity index (χ0n) is 8.94. The van der Waals surface area contributed by atoms with Crippen molar-refractivity contribution < 1.29 is 17.5 Å². The zero-order valence-corrected chi connectivity index (χ0v) is 10.6. The van der Waals surface area contributed by atoms with Crippen LogP contribution in [0.15, 0.2) is 18.2 Å². The summed E-state index contributed by atoms with van der Waals surface area (Å²) in [5, 5.41) is 0. The summed E-state index contributed by atoms with van der Waals surface area (Å²) < 4.78 is 43.0. The van der Waals surface area contributed by atoms with E-state index in [0.717, 1.165) is 12.1 Å². The fraction of sp³-hybridized carbons (Fsp3) is 0.222. The van der Waals surface area contributed by atoms with Crippen LogP contribution in [-0.2, 0) is 10.0 Å². The first-order valence-corrected chi connectivity index (χ1v) is 6.52. The second kappa shape index (κ2) is 5.28. The molecule has 0 heterocycles. The van der Waals surface area contributed by atoms with E-state index in [1.165, 1.54) is 13.2 Å². The number of hydrogen-bond acceptors (Lipinski definition) is 4. The number of halogens is 1. The van der Waals surface area contributed by atoms with Gasteiger partial charge in [0.15, 0.2) is 0 Å². The van der Waals surface area contributed by atoms with Gasteiger partial charge >= 0.3 is 0 Å². The lowest BCUT2D eigenvalue weighted by molar-refractivity contribution is 0.413. The summed E-state index contributed by atoms with van der Waals surface area (Å²) in [6, 6.07) is 3.44. The number of thiocarbonyl (C=S) groups is 1. The van der Waals surface area contributed by atoms with Gasteiger partial charge in [0.1, 0.15) is 17.3 Å². The molecule has 94 valence electrons. The maximum Gasteiger partial charge on any atom is 0.239 e. The quantitative estimate of drug-likeness (QED) is 0.781. The SMILES string of the molecule is COc1cc(F)ccc1NS(=O)(=O)CC(N)=S. The Morgan fingerprint density at radius 3 is 2.76 bits per heavy atom. The van der Waals surface area contributed by atoms with E-state index in [4.69, 9.17) is 10.5 Å². The molecule has 8 heteroatoms. The summed E-state index contributed by atoms with van der Waals surface area (Å²) in [5.74, 6) is -0.932. The number of nitrogens with two attached hydrogens (primary N) is 1. The molecule has 0 spiro atoms. The third-order valence-corrected chi connectivity index (χ3v) is 3.31. The van der Waals surface area contributed by atoms with Crippen LogP contribution in [0.25, 0.3) is 0 Å². The highest BCUT2D eigenvalue weighted by molar-refractivity contribution is 7.95. The van der Waals surface area contributed by atoms with Crippen LogP contribution in [0, 0.1) is 5.82 Å². The molecule has 0 aromatic heterocycles. The van der Waals surface area contributed by atoms with Crippen molar-refractivity contribution >= 4 is 32.9 Å². The number of methoxy groups -OCH3 is 1. The van der Waals surface area contributed by atoms with E-state index in [1.54, 1.807) is 0 Å². The van der Waals surface area contributed by atoms with Crippen molar-refractivity contribution in [1.82, 2.24) is 0 Å². The molecule has 3 N–H and O–H groups in total. The van der Waals surface area contributed by atoms with Gasteiger partial charge in [0.25, 0.3) is 0 Å². The van der Waals surface area contributed by atoms with Gasteiger partial charge in [-0.2, -0.15) is 0 Å². The van der Waals surface area contributed by atoms with Gasteiger partial charge < -0.3 is 10.5 Å². The van der Waals surface area contributed by atoms with Gasteiger partial charge in [-0.05, 0) is 12.1 Å². The van der Waals surface area contributed by atoms with E-state index in [9.17, 15) is 12.8 Å². The fourth-order valence-corrected chi connectivity index (χ4v) is 2.56. The number of rotatable bonds is 5. The molecule has 1 aromatic carbocycles. The van der Waals surface area contributed by atoms with Crippen LogP contribution in [0.4, 0.5) is 10.1 Å². The first-order chi connectivity index (χ1) is 7.84. The molecular formula is C9H11FN2O3S2. The summed E-state index contributed by atoms with van der Waals surface area (Å²) in [6.45, 7) is 0. The van der Waals surface area contributed by atoms with Gasteiger partial charge in [-0.25, -0.2) is 12.8 Å². The maximum atomic E-state index is 12.9. The fourth-order valence-electron chi connectivity index (χ4n) is 1.14. The molecule has 0 amide bonds. The van der Waals surface area contributed by atoms with Crippen LogP contribution in [0.2, 0.25) is 0 Å². The molecule has 5 nitrogen and oxygen atoms in total. The lowest BCUT2D eigenvalue weighted by Crippen LogP contribution is -2.26. The summed E-state index contributed by atoms with van der Waals surface area (Å²) in [5.41, 5.74) is 5.28. The minimum atomic E-state index is -3.70. The maximum absolute atomic E-state index is 12.9. The van der Waals surface area contributed by atoms with Crippen molar-refractivity contribution in [2.75, 3.05) is 17.6 Å². The Balaban J connectivity index is 2.99. The summed E-state index contributed by atoms with van der Waals surface area (Å²) in [4.78, 5) is -0.154. The third kappa shape index (κ3) is 4.16. The summed E-state index contributed by atoms with van der Waals surface area (Å²) in [7, 11) is -2.39. The molecule has 0 aliphatic carbocycles. The molecule has 0 unspecified atom stereocenters. The monoisotopic (exact) mass is 278 g/mol. The minimum absolute atomic E-state index is 0.0801. The van der Waals surface area contributed by atoms with Crippen molar-refractivity contribution in [3.63, 3.8) is 0 Å². The van der Waals surface area contributed by atoms with Gasteiger partial charge in [0.05, 0.1) is 17.8 Å². The molecule has 0 saturated heterocycles. The van der Waals surface area contributed by atoms with Gasteiger partial charge in [-0.15, -0.1) is 0 Å². The Morgan fingerprint density at radius 1 is 1.59 bits per heavy atom. The molecule has 1 rings (SSSR count). The molecule has 1 aromatic rings. The van der Waals surface area contributed by atoms with Crippen LogP contribution in [0.5, 0.6) is 5.75 Å². The predicted molar refractivity (Wildman–Crippen MR) is 67.1 cm³/mol. The first kappa shape index (κ1) is 13.7. The molecule has 0 aliphatic heterocycles. The highest BCUT2D eigenvalue weighted by Gasteiger charge is 2.15. The smallest absolute Gasteiger partial charge is 0.239 e. The van der Waals surface area contributed by atoms with E-state index >= 15 is 0 Å². The summed E-state index contributed by atoms with van der Waals surface area (Å²) >= 11 is 4.51. The Hall–Kier alpha value is -1.41. The lowest BCUT2D eigenvalue weighted by Gasteiger charge is -2.11. The van der Waals surface area contributed by atoms with Crippen LogP contribution in [-0.4, -0.2) is 26.3 Å². The number of nitrogens with one attached hydrogen (secondary N) is 1. The molecule has 0 atom stereocenters. The van der Waals surface area contributed by atoms with Crippen molar-refractivity contribution in [2.45, 2.75) is 0 Å². The average Bonchev–Trinajstić information content (AvgIpc) is 2.18. The van der Waals surface area contributed by atoms with Crippen molar-refractivity contribution in [3.05, 3.63) is 24.0 Å². The van der Waals surface area contributed by atoms with Gasteiger partial charge in [0.2, 0.25) is 10.0 Å². The Morgan fingerprint density at radius 2 is 2.24 bits per heavy atom. The zero-order chi connectivity index (χ0) is 13.1. The topological polar surface area (TPSA) is 81.4 Å². The van der Waals surface area contributed by atoms with Crippen LogP contribution >= 0.6 is 12.2 Å². The molecule has 0 aliphatic rings. The highest BCUT2D eigenvalue weighted by Crippen LogP contribution is 2.25. The Kier molecular flexibility index (Phi) is 4.24. The van der Waals surface area contributed by atoms with Gasteiger partial charge in [-0.3, -0.25) is 4.72 Å². The molecule has 0 bridgehead atoms. The normalized spacial score (nSPS) is 10.9. The van der Waals surface area contributed by atoms with Crippen molar-refractivity contribution in [1.29, 1.82) is 0 Å². The van der Waals surface area contributed by atoms with Crippen molar-refractivity contribution in [2.24, 2.45) is 5.73 Å². The molecule has 0 saturated carbocycles. The second-order valence-electron chi connectivity index (χ2n) is 3.17. The van der Waals surface area contributed by atoms with E-state index in [2.05, 4.69) is 16.9 Å². The Labute approximate surface area is 104 Å². The van der Waals surface area contributed by atoms with Crippen LogP contribution < -0.4 is 15.2 Å². The van der Waals surface area contributed by atoms with E-state index in [1.807, 2.05) is 0 Å². The van der Waals surface area contributed by atoms with Gasteiger partial charge in [0, 0.05) is 6.07 Å². The molecule has 0 fully saturated rings. The largest absolute Gasteiger partial charge is 0.494 e. The third-order valence-electron chi connectivity index (χ3n) is 1.76. The number of benzene rings is 1. The molecular weight excluding hydrogens is 267 g/mol. The number of hydrogen-bond donors (Lipinski definition) is 2. The Bertz CT molecular complexity index is 531. The van der Waals surface area contributed by atoms with E-state index in [-0.39, 0.29) is 16.4 Å². The van der Waals surface area contributed by atoms with E-state index in [0.29, 0.717) is 0 Å². The summed E-state index contributed by atoms with van der Waals surface area (Å²) in [6.07, 6.45) is 0.